The van der Waals surface area contributed by atoms with E-state index in [2.05, 4.69) is 22.4 Å². The molecule has 174 valence electrons. The fourth-order valence-corrected chi connectivity index (χ4v) is 6.14. The molecule has 33 heavy (non-hydrogen) atoms. The third-order valence-electron chi connectivity index (χ3n) is 5.61. The number of anilines is 1. The number of rotatable bonds is 8. The number of fused-ring (bicyclic) bond motifs is 1. The van der Waals surface area contributed by atoms with Gasteiger partial charge in [-0.1, -0.05) is 30.8 Å². The summed E-state index contributed by atoms with van der Waals surface area (Å²) in [4.78, 5) is 26.0. The summed E-state index contributed by atoms with van der Waals surface area (Å²) in [5.74, 6) is 1.40. The molecule has 10 heteroatoms. The van der Waals surface area contributed by atoms with E-state index >= 15 is 0 Å². The molecule has 0 saturated heterocycles. The van der Waals surface area contributed by atoms with Crippen LogP contribution in [0.1, 0.15) is 41.1 Å². The molecule has 0 saturated carbocycles. The van der Waals surface area contributed by atoms with Crippen LogP contribution in [-0.4, -0.2) is 38.9 Å². The van der Waals surface area contributed by atoms with Crippen LogP contribution in [0.3, 0.4) is 0 Å². The van der Waals surface area contributed by atoms with Crippen molar-refractivity contribution >= 4 is 39.9 Å². The first kappa shape index (κ1) is 23.3. The van der Waals surface area contributed by atoms with Crippen LogP contribution in [0.15, 0.2) is 29.4 Å². The average Bonchev–Trinajstić information content (AvgIpc) is 3.32. The molecule has 1 aromatic carbocycles. The molecule has 4 rings (SSSR count). The second-order valence-corrected chi connectivity index (χ2v) is 10.1. The van der Waals surface area contributed by atoms with Gasteiger partial charge in [0, 0.05) is 11.9 Å². The fourth-order valence-electron chi connectivity index (χ4n) is 4.00. The number of thioether (sulfide) groups is 1. The number of ether oxygens (including phenoxy) is 1. The minimum absolute atomic E-state index is 0.135. The van der Waals surface area contributed by atoms with Crippen molar-refractivity contribution in [3.8, 4) is 17.1 Å². The maximum atomic E-state index is 12.7. The van der Waals surface area contributed by atoms with E-state index in [9.17, 15) is 9.59 Å². The largest absolute Gasteiger partial charge is 0.493 e. The van der Waals surface area contributed by atoms with Crippen LogP contribution in [0.4, 0.5) is 5.00 Å². The quantitative estimate of drug-likeness (QED) is 0.468. The van der Waals surface area contributed by atoms with Crippen molar-refractivity contribution in [2.24, 2.45) is 18.7 Å². The molecule has 2 amide bonds. The van der Waals surface area contributed by atoms with Crippen LogP contribution in [0, 0.1) is 5.92 Å². The first-order chi connectivity index (χ1) is 15.9. The van der Waals surface area contributed by atoms with E-state index in [-0.39, 0.29) is 11.7 Å². The molecule has 1 unspecified atom stereocenters. The van der Waals surface area contributed by atoms with Crippen LogP contribution >= 0.6 is 23.1 Å². The summed E-state index contributed by atoms with van der Waals surface area (Å²) in [6.07, 6.45) is 2.75. The number of primary amides is 1. The second-order valence-electron chi connectivity index (χ2n) is 8.05. The number of amides is 2. The summed E-state index contributed by atoms with van der Waals surface area (Å²) in [7, 11) is 1.86. The normalized spacial score (nSPS) is 15.2. The Bertz CT molecular complexity index is 1190. The van der Waals surface area contributed by atoms with Crippen LogP contribution < -0.4 is 15.8 Å². The number of aromatic nitrogens is 3. The summed E-state index contributed by atoms with van der Waals surface area (Å²) < 4.78 is 7.55. The van der Waals surface area contributed by atoms with E-state index in [0.717, 1.165) is 41.0 Å². The molecule has 2 heterocycles. The summed E-state index contributed by atoms with van der Waals surface area (Å²) in [5.41, 5.74) is 7.96. The molecule has 3 N–H and O–H groups in total. The lowest BCUT2D eigenvalue weighted by Crippen LogP contribution is -2.20. The lowest BCUT2D eigenvalue weighted by Gasteiger charge is -2.18. The van der Waals surface area contributed by atoms with Crippen molar-refractivity contribution < 1.29 is 14.3 Å². The van der Waals surface area contributed by atoms with Gasteiger partial charge < -0.3 is 20.4 Å². The highest BCUT2D eigenvalue weighted by atomic mass is 32.2. The fraction of sp³-hybridized carbons (Fsp3) is 0.391. The summed E-state index contributed by atoms with van der Waals surface area (Å²) >= 11 is 2.75. The van der Waals surface area contributed by atoms with E-state index < -0.39 is 5.91 Å². The molecule has 2 aromatic heterocycles. The van der Waals surface area contributed by atoms with Gasteiger partial charge in [-0.25, -0.2) is 0 Å². The van der Waals surface area contributed by atoms with Crippen molar-refractivity contribution in [3.63, 3.8) is 0 Å². The lowest BCUT2D eigenvalue weighted by molar-refractivity contribution is -0.113. The zero-order chi connectivity index (χ0) is 23.5. The number of carbonyl (C=O) groups excluding carboxylic acids is 2. The number of hydrogen-bond donors (Lipinski definition) is 2. The SMILES string of the molecule is CCOc1ccccc1-c1nnc(SCC(=O)Nc2sc3c(c2C(N)=O)CCC(C)C3)n1C. The molecule has 1 aliphatic rings. The Morgan fingerprint density at radius 2 is 2.12 bits per heavy atom. The number of hydrogen-bond acceptors (Lipinski definition) is 7. The maximum absolute atomic E-state index is 12.7. The van der Waals surface area contributed by atoms with Gasteiger partial charge in [-0.2, -0.15) is 0 Å². The minimum atomic E-state index is -0.490. The Hall–Kier alpha value is -2.85. The van der Waals surface area contributed by atoms with Gasteiger partial charge in [0.1, 0.15) is 10.8 Å². The Morgan fingerprint density at radius 1 is 1.33 bits per heavy atom. The number of thiophene rings is 1. The first-order valence-electron chi connectivity index (χ1n) is 10.9. The Kier molecular flexibility index (Phi) is 7.04. The van der Waals surface area contributed by atoms with E-state index in [4.69, 9.17) is 10.5 Å². The maximum Gasteiger partial charge on any atom is 0.251 e. The average molecular weight is 486 g/mol. The standard InChI is InChI=1S/C23H27N5O3S2/c1-4-31-16-8-6-5-7-14(16)21-26-27-23(28(21)3)32-12-18(29)25-22-19(20(24)30)15-10-9-13(2)11-17(15)33-22/h5-8,13H,4,9-12H2,1-3H3,(H2,24,30)(H,25,29). The molecule has 1 atom stereocenters. The molecular weight excluding hydrogens is 458 g/mol. The van der Waals surface area contributed by atoms with Crippen molar-refractivity contribution in [2.45, 2.75) is 38.3 Å². The van der Waals surface area contributed by atoms with Crippen LogP contribution in [0.25, 0.3) is 11.4 Å². The van der Waals surface area contributed by atoms with E-state index in [1.54, 1.807) is 0 Å². The van der Waals surface area contributed by atoms with E-state index in [1.165, 1.54) is 23.1 Å². The number of para-hydroxylation sites is 1. The van der Waals surface area contributed by atoms with Gasteiger partial charge in [-0.3, -0.25) is 9.59 Å². The summed E-state index contributed by atoms with van der Waals surface area (Å²) in [6.45, 7) is 4.68. The van der Waals surface area contributed by atoms with E-state index in [0.29, 0.717) is 34.1 Å². The molecule has 0 radical (unpaired) electrons. The number of carbonyl (C=O) groups is 2. The molecule has 0 spiro atoms. The van der Waals surface area contributed by atoms with Crippen molar-refractivity contribution in [3.05, 3.63) is 40.3 Å². The smallest absolute Gasteiger partial charge is 0.251 e. The second kappa shape index (κ2) is 9.96. The molecule has 3 aromatic rings. The Labute approximate surface area is 200 Å². The van der Waals surface area contributed by atoms with Crippen molar-refractivity contribution in [1.82, 2.24) is 14.8 Å². The van der Waals surface area contributed by atoms with Gasteiger partial charge in [-0.05, 0) is 49.8 Å². The van der Waals surface area contributed by atoms with Crippen LogP contribution in [0.2, 0.25) is 0 Å². The molecule has 0 aliphatic heterocycles. The molecule has 1 aliphatic carbocycles. The summed E-state index contributed by atoms with van der Waals surface area (Å²) in [6, 6.07) is 7.66. The van der Waals surface area contributed by atoms with Crippen molar-refractivity contribution in [1.29, 1.82) is 0 Å². The van der Waals surface area contributed by atoms with E-state index in [1.807, 2.05) is 42.8 Å². The number of benzene rings is 1. The number of nitrogens with two attached hydrogens (primary N) is 1. The van der Waals surface area contributed by atoms with Crippen LogP contribution in [-0.2, 0) is 24.7 Å². The predicted octanol–water partition coefficient (Wildman–Crippen LogP) is 3.90. The van der Waals surface area contributed by atoms with Gasteiger partial charge in [-0.15, -0.1) is 21.5 Å². The first-order valence-corrected chi connectivity index (χ1v) is 12.7. The topological polar surface area (TPSA) is 112 Å². The van der Waals surface area contributed by atoms with Gasteiger partial charge in [0.25, 0.3) is 5.91 Å². The predicted molar refractivity (Wildman–Crippen MR) is 131 cm³/mol. The molecular formula is C23H27N5O3S2. The number of nitrogens with zero attached hydrogens (tertiary/aromatic N) is 3. The monoisotopic (exact) mass is 485 g/mol. The highest BCUT2D eigenvalue weighted by Gasteiger charge is 2.27. The minimum Gasteiger partial charge on any atom is -0.493 e. The third kappa shape index (κ3) is 4.91. The van der Waals surface area contributed by atoms with Crippen molar-refractivity contribution in [2.75, 3.05) is 17.7 Å². The van der Waals surface area contributed by atoms with Crippen LogP contribution in [0.5, 0.6) is 5.75 Å². The lowest BCUT2D eigenvalue weighted by atomic mass is 9.88. The zero-order valence-electron chi connectivity index (χ0n) is 18.9. The zero-order valence-corrected chi connectivity index (χ0v) is 20.5. The van der Waals surface area contributed by atoms with Gasteiger partial charge >= 0.3 is 0 Å². The van der Waals surface area contributed by atoms with Gasteiger partial charge in [0.15, 0.2) is 11.0 Å². The van der Waals surface area contributed by atoms with Gasteiger partial charge in [0.05, 0.1) is 23.5 Å². The summed E-state index contributed by atoms with van der Waals surface area (Å²) in [5, 5.41) is 12.6. The Balaban J connectivity index is 1.46. The highest BCUT2D eigenvalue weighted by Crippen LogP contribution is 2.39. The molecule has 0 fully saturated rings. The highest BCUT2D eigenvalue weighted by molar-refractivity contribution is 7.99. The molecule has 8 nitrogen and oxygen atoms in total. The Morgan fingerprint density at radius 3 is 2.88 bits per heavy atom. The molecule has 0 bridgehead atoms. The third-order valence-corrected chi connectivity index (χ3v) is 7.80. The van der Waals surface area contributed by atoms with Gasteiger partial charge in [0.2, 0.25) is 5.91 Å². The number of nitrogens with one attached hydrogen (secondary N) is 1.